The second-order valence-electron chi connectivity index (χ2n) is 6.88. The molecule has 3 rings (SSSR count). The number of carbonyl (C=O) groups excluding carboxylic acids is 1. The van der Waals surface area contributed by atoms with Gasteiger partial charge in [-0.05, 0) is 43.4 Å². The molecule has 0 aromatic rings. The van der Waals surface area contributed by atoms with Crippen molar-refractivity contribution in [3.05, 3.63) is 0 Å². The molecule has 1 amide bonds. The highest BCUT2D eigenvalue weighted by atomic mass is 16.2. The molecule has 2 N–H and O–H groups in total. The van der Waals surface area contributed by atoms with Gasteiger partial charge in [-0.2, -0.15) is 0 Å². The average molecular weight is 264 g/mol. The molecule has 0 spiro atoms. The fourth-order valence-corrected chi connectivity index (χ4v) is 4.12. The van der Waals surface area contributed by atoms with Crippen LogP contribution in [0, 0.1) is 23.7 Å². The zero-order valence-electron chi connectivity index (χ0n) is 12.2. The first-order valence-electron chi connectivity index (χ1n) is 8.30. The average Bonchev–Trinajstić information content (AvgIpc) is 2.88. The Balaban J connectivity index is 1.38. The van der Waals surface area contributed by atoms with Gasteiger partial charge in [0.2, 0.25) is 5.91 Å². The molecule has 3 fully saturated rings. The lowest BCUT2D eigenvalue weighted by atomic mass is 9.79. The highest BCUT2D eigenvalue weighted by Gasteiger charge is 2.53. The van der Waals surface area contributed by atoms with E-state index in [4.69, 9.17) is 0 Å². The summed E-state index contributed by atoms with van der Waals surface area (Å²) in [6.07, 6.45) is 8.84. The van der Waals surface area contributed by atoms with Crippen molar-refractivity contribution in [1.82, 2.24) is 10.6 Å². The van der Waals surface area contributed by atoms with Gasteiger partial charge in [-0.1, -0.05) is 26.2 Å². The van der Waals surface area contributed by atoms with E-state index in [2.05, 4.69) is 17.6 Å². The second-order valence-corrected chi connectivity index (χ2v) is 6.88. The number of fused-ring (bicyclic) bond motifs is 1. The molecular weight excluding hydrogens is 236 g/mol. The molecule has 0 aromatic heterocycles. The van der Waals surface area contributed by atoms with E-state index >= 15 is 0 Å². The Labute approximate surface area is 116 Å². The molecule has 1 heterocycles. The van der Waals surface area contributed by atoms with E-state index in [1.807, 2.05) is 0 Å². The first-order chi connectivity index (χ1) is 9.29. The topological polar surface area (TPSA) is 41.1 Å². The van der Waals surface area contributed by atoms with E-state index in [9.17, 15) is 4.79 Å². The Morgan fingerprint density at radius 1 is 1.16 bits per heavy atom. The maximum absolute atomic E-state index is 12.3. The largest absolute Gasteiger partial charge is 0.352 e. The third kappa shape index (κ3) is 2.96. The second kappa shape index (κ2) is 5.82. The molecule has 1 aliphatic heterocycles. The molecule has 3 nitrogen and oxygen atoms in total. The highest BCUT2D eigenvalue weighted by Crippen LogP contribution is 2.42. The standard InChI is InChI=1S/C16H28N2O/c1-2-3-4-11-5-7-12(8-6-11)16(19)18-15-13-9-17-10-14(13)15/h11-15,17H,2-10H2,1H3,(H,18,19). The molecule has 19 heavy (non-hydrogen) atoms. The molecule has 2 saturated carbocycles. The van der Waals surface area contributed by atoms with Crippen LogP contribution in [0.2, 0.25) is 0 Å². The van der Waals surface area contributed by atoms with Crippen molar-refractivity contribution in [1.29, 1.82) is 0 Å². The smallest absolute Gasteiger partial charge is 0.223 e. The van der Waals surface area contributed by atoms with Crippen molar-refractivity contribution in [3.63, 3.8) is 0 Å². The molecule has 2 atom stereocenters. The summed E-state index contributed by atoms with van der Waals surface area (Å²) < 4.78 is 0. The zero-order chi connectivity index (χ0) is 13.2. The van der Waals surface area contributed by atoms with Gasteiger partial charge in [-0.15, -0.1) is 0 Å². The normalized spacial score (nSPS) is 40.8. The Morgan fingerprint density at radius 2 is 1.84 bits per heavy atom. The summed E-state index contributed by atoms with van der Waals surface area (Å²) in [6.45, 7) is 4.49. The molecule has 2 unspecified atom stereocenters. The number of rotatable bonds is 5. The highest BCUT2D eigenvalue weighted by molar-refractivity contribution is 5.79. The summed E-state index contributed by atoms with van der Waals surface area (Å²) in [7, 11) is 0. The van der Waals surface area contributed by atoms with Gasteiger partial charge in [0.25, 0.3) is 0 Å². The van der Waals surface area contributed by atoms with E-state index in [1.54, 1.807) is 0 Å². The molecule has 0 bridgehead atoms. The van der Waals surface area contributed by atoms with E-state index in [0.29, 0.717) is 17.9 Å². The summed E-state index contributed by atoms with van der Waals surface area (Å²) in [5.41, 5.74) is 0. The minimum Gasteiger partial charge on any atom is -0.352 e. The van der Waals surface area contributed by atoms with Crippen LogP contribution in [0.1, 0.15) is 51.9 Å². The molecule has 0 aromatic carbocycles. The molecular formula is C16H28N2O. The fourth-order valence-electron chi connectivity index (χ4n) is 4.12. The van der Waals surface area contributed by atoms with Crippen LogP contribution in [0.5, 0.6) is 0 Å². The fraction of sp³-hybridized carbons (Fsp3) is 0.938. The van der Waals surface area contributed by atoms with Crippen molar-refractivity contribution >= 4 is 5.91 Å². The lowest BCUT2D eigenvalue weighted by Gasteiger charge is -2.28. The number of nitrogens with one attached hydrogen (secondary N) is 2. The quantitative estimate of drug-likeness (QED) is 0.800. The predicted molar refractivity (Wildman–Crippen MR) is 76.8 cm³/mol. The summed E-state index contributed by atoms with van der Waals surface area (Å²) in [5, 5.41) is 6.68. The van der Waals surface area contributed by atoms with Crippen LogP contribution in [-0.2, 0) is 4.79 Å². The van der Waals surface area contributed by atoms with Crippen molar-refractivity contribution in [2.75, 3.05) is 13.1 Å². The number of unbranched alkanes of at least 4 members (excludes halogenated alkanes) is 1. The number of piperidine rings is 1. The number of carbonyl (C=O) groups is 1. The van der Waals surface area contributed by atoms with Crippen LogP contribution in [0.25, 0.3) is 0 Å². The van der Waals surface area contributed by atoms with Gasteiger partial charge < -0.3 is 10.6 Å². The first kappa shape index (κ1) is 13.4. The van der Waals surface area contributed by atoms with Crippen LogP contribution < -0.4 is 10.6 Å². The Hall–Kier alpha value is -0.570. The lowest BCUT2D eigenvalue weighted by molar-refractivity contribution is -0.126. The maximum Gasteiger partial charge on any atom is 0.223 e. The van der Waals surface area contributed by atoms with Gasteiger partial charge in [0, 0.05) is 25.0 Å². The van der Waals surface area contributed by atoms with E-state index in [0.717, 1.165) is 43.7 Å². The van der Waals surface area contributed by atoms with Crippen LogP contribution in [-0.4, -0.2) is 25.0 Å². The SMILES string of the molecule is CCCCC1CCC(C(=O)NC2C3CNCC32)CC1. The van der Waals surface area contributed by atoms with E-state index < -0.39 is 0 Å². The summed E-state index contributed by atoms with van der Waals surface area (Å²) in [4.78, 5) is 12.3. The Morgan fingerprint density at radius 3 is 2.47 bits per heavy atom. The summed E-state index contributed by atoms with van der Waals surface area (Å²) in [5.74, 6) is 3.05. The van der Waals surface area contributed by atoms with Crippen LogP contribution in [0.4, 0.5) is 0 Å². The lowest BCUT2D eigenvalue weighted by Crippen LogP contribution is -2.38. The number of amides is 1. The van der Waals surface area contributed by atoms with Crippen LogP contribution in [0.3, 0.4) is 0 Å². The Kier molecular flexibility index (Phi) is 4.11. The third-order valence-electron chi connectivity index (χ3n) is 5.58. The van der Waals surface area contributed by atoms with Crippen molar-refractivity contribution < 1.29 is 4.79 Å². The summed E-state index contributed by atoms with van der Waals surface area (Å²) in [6, 6.07) is 0.506. The molecule has 108 valence electrons. The van der Waals surface area contributed by atoms with Crippen molar-refractivity contribution in [2.24, 2.45) is 23.7 Å². The summed E-state index contributed by atoms with van der Waals surface area (Å²) >= 11 is 0. The van der Waals surface area contributed by atoms with Crippen molar-refractivity contribution in [2.45, 2.75) is 57.9 Å². The van der Waals surface area contributed by atoms with Gasteiger partial charge in [0.05, 0.1) is 0 Å². The van der Waals surface area contributed by atoms with Gasteiger partial charge in [0.15, 0.2) is 0 Å². The van der Waals surface area contributed by atoms with E-state index in [1.165, 1.54) is 32.1 Å². The van der Waals surface area contributed by atoms with Gasteiger partial charge >= 0.3 is 0 Å². The zero-order valence-corrected chi connectivity index (χ0v) is 12.2. The van der Waals surface area contributed by atoms with Gasteiger partial charge in [-0.3, -0.25) is 4.79 Å². The minimum absolute atomic E-state index is 0.312. The molecule has 2 aliphatic carbocycles. The van der Waals surface area contributed by atoms with Gasteiger partial charge in [0.1, 0.15) is 0 Å². The Bertz CT molecular complexity index is 313. The minimum atomic E-state index is 0.312. The first-order valence-corrected chi connectivity index (χ1v) is 8.30. The van der Waals surface area contributed by atoms with Crippen LogP contribution in [0.15, 0.2) is 0 Å². The maximum atomic E-state index is 12.3. The third-order valence-corrected chi connectivity index (χ3v) is 5.58. The predicted octanol–water partition coefficient (Wildman–Crippen LogP) is 2.32. The molecule has 3 heteroatoms. The van der Waals surface area contributed by atoms with E-state index in [-0.39, 0.29) is 0 Å². The number of hydrogen-bond acceptors (Lipinski definition) is 2. The monoisotopic (exact) mass is 264 g/mol. The molecule has 3 aliphatic rings. The van der Waals surface area contributed by atoms with Crippen LogP contribution >= 0.6 is 0 Å². The van der Waals surface area contributed by atoms with Crippen molar-refractivity contribution in [3.8, 4) is 0 Å². The molecule has 1 saturated heterocycles. The number of hydrogen-bond donors (Lipinski definition) is 2. The molecule has 0 radical (unpaired) electrons. The van der Waals surface area contributed by atoms with Gasteiger partial charge in [-0.25, -0.2) is 0 Å².